The van der Waals surface area contributed by atoms with Crippen LogP contribution in [-0.2, 0) is 16.0 Å². The predicted octanol–water partition coefficient (Wildman–Crippen LogP) is 1.97. The number of hydrogen-bond acceptors (Lipinski definition) is 3. The molecule has 2 saturated heterocycles. The largest absolute Gasteiger partial charge is 0.364 e. The quantitative estimate of drug-likeness (QED) is 0.925. The zero-order valence-electron chi connectivity index (χ0n) is 13.3. The molecule has 2 aliphatic rings. The second-order valence-corrected chi connectivity index (χ2v) is 6.57. The molecule has 2 N–H and O–H groups in total. The van der Waals surface area contributed by atoms with Gasteiger partial charge in [-0.3, -0.25) is 4.79 Å². The van der Waals surface area contributed by atoms with Gasteiger partial charge in [-0.05, 0) is 44.1 Å². The van der Waals surface area contributed by atoms with E-state index in [0.717, 1.165) is 32.2 Å². The molecule has 2 fully saturated rings. The molecule has 4 heteroatoms. The first-order valence-corrected chi connectivity index (χ1v) is 8.39. The highest BCUT2D eigenvalue weighted by Crippen LogP contribution is 2.30. The van der Waals surface area contributed by atoms with Crippen molar-refractivity contribution in [1.29, 1.82) is 0 Å². The maximum Gasteiger partial charge on any atom is 0.251 e. The molecule has 1 aromatic rings. The Balaban J connectivity index is 1.59. The van der Waals surface area contributed by atoms with Crippen molar-refractivity contribution >= 4 is 5.91 Å². The molecule has 1 aromatic carbocycles. The van der Waals surface area contributed by atoms with Gasteiger partial charge < -0.3 is 15.4 Å². The SMILES string of the molecule is CC1C(Cc2ccccc2)CCN1C(=O)[C@@H]1CC[C@H](CN)O1. The average Bonchev–Trinajstić information content (AvgIpc) is 3.16. The highest BCUT2D eigenvalue weighted by molar-refractivity contribution is 5.81. The number of ether oxygens (including phenoxy) is 1. The number of likely N-dealkylation sites (tertiary alicyclic amines) is 1. The number of nitrogens with two attached hydrogens (primary N) is 1. The summed E-state index contributed by atoms with van der Waals surface area (Å²) in [5, 5.41) is 0. The van der Waals surface area contributed by atoms with E-state index in [1.165, 1.54) is 5.56 Å². The first-order valence-electron chi connectivity index (χ1n) is 8.39. The van der Waals surface area contributed by atoms with Crippen molar-refractivity contribution in [2.45, 2.75) is 50.9 Å². The van der Waals surface area contributed by atoms with Gasteiger partial charge in [-0.1, -0.05) is 30.3 Å². The third-order valence-corrected chi connectivity index (χ3v) is 5.18. The van der Waals surface area contributed by atoms with Crippen LogP contribution in [0, 0.1) is 5.92 Å². The topological polar surface area (TPSA) is 55.6 Å². The summed E-state index contributed by atoms with van der Waals surface area (Å²) in [6, 6.07) is 10.8. The number of amides is 1. The zero-order chi connectivity index (χ0) is 15.5. The van der Waals surface area contributed by atoms with Crippen LogP contribution in [0.15, 0.2) is 30.3 Å². The van der Waals surface area contributed by atoms with Crippen LogP contribution < -0.4 is 5.73 Å². The lowest BCUT2D eigenvalue weighted by Gasteiger charge is -2.27. The van der Waals surface area contributed by atoms with Crippen LogP contribution in [0.5, 0.6) is 0 Å². The van der Waals surface area contributed by atoms with E-state index in [4.69, 9.17) is 10.5 Å². The number of benzene rings is 1. The fraction of sp³-hybridized carbons (Fsp3) is 0.611. The summed E-state index contributed by atoms with van der Waals surface area (Å²) in [4.78, 5) is 14.7. The van der Waals surface area contributed by atoms with Crippen molar-refractivity contribution in [2.24, 2.45) is 11.7 Å². The van der Waals surface area contributed by atoms with Gasteiger partial charge in [-0.25, -0.2) is 0 Å². The van der Waals surface area contributed by atoms with E-state index >= 15 is 0 Å². The highest BCUT2D eigenvalue weighted by atomic mass is 16.5. The predicted molar refractivity (Wildman–Crippen MR) is 86.4 cm³/mol. The Kier molecular flexibility index (Phi) is 4.79. The Hall–Kier alpha value is -1.39. The van der Waals surface area contributed by atoms with Gasteiger partial charge in [0.05, 0.1) is 6.10 Å². The van der Waals surface area contributed by atoms with E-state index in [1.54, 1.807) is 0 Å². The monoisotopic (exact) mass is 302 g/mol. The van der Waals surface area contributed by atoms with Crippen molar-refractivity contribution in [3.05, 3.63) is 35.9 Å². The second kappa shape index (κ2) is 6.80. The minimum atomic E-state index is -0.272. The van der Waals surface area contributed by atoms with Crippen molar-refractivity contribution in [1.82, 2.24) is 4.90 Å². The van der Waals surface area contributed by atoms with Crippen LogP contribution in [0.25, 0.3) is 0 Å². The third kappa shape index (κ3) is 3.18. The standard InChI is InChI=1S/C18H26N2O2/c1-13-15(11-14-5-3-2-4-6-14)9-10-20(13)18(21)17-8-7-16(12-19)22-17/h2-6,13,15-17H,7-12,19H2,1H3/t13?,15?,16-,17+/m1/s1. The Morgan fingerprint density at radius 1 is 1.27 bits per heavy atom. The van der Waals surface area contributed by atoms with Crippen LogP contribution in [0.2, 0.25) is 0 Å². The third-order valence-electron chi connectivity index (χ3n) is 5.18. The molecule has 4 nitrogen and oxygen atoms in total. The Morgan fingerprint density at radius 2 is 2.05 bits per heavy atom. The van der Waals surface area contributed by atoms with Gasteiger partial charge in [0.15, 0.2) is 0 Å². The van der Waals surface area contributed by atoms with E-state index in [9.17, 15) is 4.79 Å². The minimum Gasteiger partial charge on any atom is -0.364 e. The molecule has 2 unspecified atom stereocenters. The maximum atomic E-state index is 12.7. The van der Waals surface area contributed by atoms with Gasteiger partial charge in [0.1, 0.15) is 6.10 Å². The molecule has 2 aliphatic heterocycles. The molecule has 0 saturated carbocycles. The number of nitrogens with zero attached hydrogens (tertiary/aromatic N) is 1. The van der Waals surface area contributed by atoms with Crippen LogP contribution in [-0.4, -0.2) is 42.1 Å². The van der Waals surface area contributed by atoms with Gasteiger partial charge >= 0.3 is 0 Å². The fourth-order valence-electron chi connectivity index (χ4n) is 3.75. The number of carbonyl (C=O) groups excluding carboxylic acids is 1. The molecule has 0 radical (unpaired) electrons. The van der Waals surface area contributed by atoms with Crippen molar-refractivity contribution in [3.63, 3.8) is 0 Å². The van der Waals surface area contributed by atoms with Crippen molar-refractivity contribution < 1.29 is 9.53 Å². The van der Waals surface area contributed by atoms with Gasteiger partial charge in [-0.15, -0.1) is 0 Å². The molecule has 2 heterocycles. The lowest BCUT2D eigenvalue weighted by atomic mass is 9.93. The molecule has 3 rings (SSSR count). The smallest absolute Gasteiger partial charge is 0.251 e. The summed E-state index contributed by atoms with van der Waals surface area (Å²) in [5.74, 6) is 0.706. The Labute approximate surface area is 132 Å². The van der Waals surface area contributed by atoms with Crippen LogP contribution in [0.1, 0.15) is 31.7 Å². The lowest BCUT2D eigenvalue weighted by Crippen LogP contribution is -2.42. The highest BCUT2D eigenvalue weighted by Gasteiger charge is 2.39. The molecule has 0 spiro atoms. The Bertz CT molecular complexity index is 505. The van der Waals surface area contributed by atoms with E-state index in [2.05, 4.69) is 31.2 Å². The van der Waals surface area contributed by atoms with Crippen LogP contribution in [0.3, 0.4) is 0 Å². The normalized spacial score (nSPS) is 31.6. The molecule has 4 atom stereocenters. The second-order valence-electron chi connectivity index (χ2n) is 6.57. The number of hydrogen-bond donors (Lipinski definition) is 1. The van der Waals surface area contributed by atoms with Gasteiger partial charge in [-0.2, -0.15) is 0 Å². The molecule has 0 bridgehead atoms. The van der Waals surface area contributed by atoms with Gasteiger partial charge in [0.25, 0.3) is 5.91 Å². The van der Waals surface area contributed by atoms with E-state index in [0.29, 0.717) is 12.5 Å². The summed E-state index contributed by atoms with van der Waals surface area (Å²) in [5.41, 5.74) is 6.99. The molecule has 22 heavy (non-hydrogen) atoms. The first kappa shape index (κ1) is 15.5. The van der Waals surface area contributed by atoms with Crippen LogP contribution >= 0.6 is 0 Å². The molecule has 0 aliphatic carbocycles. The van der Waals surface area contributed by atoms with Crippen LogP contribution in [0.4, 0.5) is 0 Å². The summed E-state index contributed by atoms with van der Waals surface area (Å²) in [7, 11) is 0. The summed E-state index contributed by atoms with van der Waals surface area (Å²) >= 11 is 0. The molecular weight excluding hydrogens is 276 g/mol. The van der Waals surface area contributed by atoms with Gasteiger partial charge in [0.2, 0.25) is 0 Å². The van der Waals surface area contributed by atoms with E-state index in [-0.39, 0.29) is 24.2 Å². The van der Waals surface area contributed by atoms with Crippen molar-refractivity contribution in [2.75, 3.05) is 13.1 Å². The fourth-order valence-corrected chi connectivity index (χ4v) is 3.75. The molecule has 0 aromatic heterocycles. The maximum absolute atomic E-state index is 12.7. The summed E-state index contributed by atoms with van der Waals surface area (Å²) in [6.07, 6.45) is 3.63. The number of carbonyl (C=O) groups is 1. The van der Waals surface area contributed by atoms with Gasteiger partial charge in [0, 0.05) is 19.1 Å². The number of rotatable bonds is 4. The van der Waals surface area contributed by atoms with E-state index in [1.807, 2.05) is 11.0 Å². The van der Waals surface area contributed by atoms with Crippen molar-refractivity contribution in [3.8, 4) is 0 Å². The molecule has 1 amide bonds. The molecular formula is C18H26N2O2. The minimum absolute atomic E-state index is 0.0620. The summed E-state index contributed by atoms with van der Waals surface area (Å²) in [6.45, 7) is 3.54. The summed E-state index contributed by atoms with van der Waals surface area (Å²) < 4.78 is 5.77. The average molecular weight is 302 g/mol. The van der Waals surface area contributed by atoms with E-state index < -0.39 is 0 Å². The zero-order valence-corrected chi connectivity index (χ0v) is 13.3. The first-order chi connectivity index (χ1) is 10.7. The Morgan fingerprint density at radius 3 is 2.73 bits per heavy atom. The lowest BCUT2D eigenvalue weighted by molar-refractivity contribution is -0.143. The molecule has 120 valence electrons.